The Balaban J connectivity index is 1.79. The molecule has 9 heteroatoms. The first kappa shape index (κ1) is 22.0. The summed E-state index contributed by atoms with van der Waals surface area (Å²) in [5.74, 6) is -2.32. The molecule has 30 heavy (non-hydrogen) atoms. The number of nitrogens with zero attached hydrogens (tertiary/aromatic N) is 2. The molecule has 0 aliphatic carbocycles. The molecule has 0 saturated carbocycles. The molecule has 2 aliphatic rings. The van der Waals surface area contributed by atoms with Crippen molar-refractivity contribution in [1.29, 1.82) is 0 Å². The Morgan fingerprint density at radius 1 is 1.17 bits per heavy atom. The summed E-state index contributed by atoms with van der Waals surface area (Å²) >= 11 is 0. The van der Waals surface area contributed by atoms with Gasteiger partial charge in [0.05, 0.1) is 11.8 Å². The average molecular weight is 419 g/mol. The number of amides is 3. The van der Waals surface area contributed by atoms with Gasteiger partial charge in [0, 0.05) is 45.3 Å². The second-order valence-electron chi connectivity index (χ2n) is 7.90. The highest BCUT2D eigenvalue weighted by Gasteiger charge is 2.48. The second kappa shape index (κ2) is 9.90. The van der Waals surface area contributed by atoms with Crippen molar-refractivity contribution in [2.75, 3.05) is 33.4 Å². The van der Waals surface area contributed by atoms with Gasteiger partial charge in [0.25, 0.3) is 0 Å². The van der Waals surface area contributed by atoms with Crippen molar-refractivity contribution in [3.8, 4) is 0 Å². The Labute approximate surface area is 175 Å². The number of likely N-dealkylation sites (tertiary alicyclic amines) is 2. The van der Waals surface area contributed by atoms with Crippen molar-refractivity contribution in [2.45, 2.75) is 31.2 Å². The van der Waals surface area contributed by atoms with E-state index in [0.717, 1.165) is 6.42 Å². The molecular weight excluding hydrogens is 390 g/mol. The molecule has 3 amide bonds. The van der Waals surface area contributed by atoms with Crippen LogP contribution < -0.4 is 5.48 Å². The fraction of sp³-hybridized carbons (Fsp3) is 0.571. The molecule has 1 aromatic carbocycles. The number of rotatable bonds is 6. The summed E-state index contributed by atoms with van der Waals surface area (Å²) in [5, 5.41) is 18.9. The van der Waals surface area contributed by atoms with Crippen LogP contribution in [0.2, 0.25) is 0 Å². The third-order valence-electron chi connectivity index (χ3n) is 6.29. The Hall–Kier alpha value is -2.65. The van der Waals surface area contributed by atoms with E-state index >= 15 is 0 Å². The lowest BCUT2D eigenvalue weighted by Gasteiger charge is -2.43. The van der Waals surface area contributed by atoms with Crippen LogP contribution in [0.4, 0.5) is 4.79 Å². The van der Waals surface area contributed by atoms with Crippen LogP contribution in [0.3, 0.4) is 0 Å². The molecule has 1 aromatic rings. The minimum atomic E-state index is -1.15. The number of ether oxygens (including phenoxy) is 1. The molecule has 2 fully saturated rings. The minimum absolute atomic E-state index is 0.158. The van der Waals surface area contributed by atoms with E-state index in [0.29, 0.717) is 13.1 Å². The Morgan fingerprint density at radius 3 is 2.53 bits per heavy atom. The fourth-order valence-corrected chi connectivity index (χ4v) is 4.80. The van der Waals surface area contributed by atoms with Gasteiger partial charge in [0.1, 0.15) is 0 Å². The Morgan fingerprint density at radius 2 is 1.90 bits per heavy atom. The molecule has 3 N–H and O–H groups in total. The number of carbonyl (C=O) groups excluding carboxylic acids is 2. The number of benzene rings is 1. The number of carbonyl (C=O) groups is 3. The molecule has 3 rings (SSSR count). The zero-order chi connectivity index (χ0) is 21.7. The SMILES string of the molecule is COCCC1[C@H](C(=O)NO)[C@@H](C(=O)N2CC[C@H](c3ccccc3)C2)CCN1C(=O)O. The minimum Gasteiger partial charge on any atom is -0.465 e. The predicted molar refractivity (Wildman–Crippen MR) is 107 cm³/mol. The molecule has 0 radical (unpaired) electrons. The van der Waals surface area contributed by atoms with E-state index in [9.17, 15) is 24.7 Å². The highest BCUT2D eigenvalue weighted by molar-refractivity contribution is 5.89. The molecule has 2 aliphatic heterocycles. The molecule has 0 aromatic heterocycles. The summed E-state index contributed by atoms with van der Waals surface area (Å²) in [7, 11) is 1.49. The maximum Gasteiger partial charge on any atom is 0.407 e. The lowest BCUT2D eigenvalue weighted by atomic mass is 9.77. The number of hydroxylamine groups is 1. The van der Waals surface area contributed by atoms with Crippen LogP contribution in [0.15, 0.2) is 30.3 Å². The zero-order valence-electron chi connectivity index (χ0n) is 17.1. The predicted octanol–water partition coefficient (Wildman–Crippen LogP) is 1.53. The fourth-order valence-electron chi connectivity index (χ4n) is 4.80. The molecule has 2 saturated heterocycles. The molecule has 0 spiro atoms. The van der Waals surface area contributed by atoms with E-state index in [-0.39, 0.29) is 37.8 Å². The largest absolute Gasteiger partial charge is 0.465 e. The third kappa shape index (κ3) is 4.57. The molecule has 2 heterocycles. The van der Waals surface area contributed by atoms with Crippen LogP contribution in [0.1, 0.15) is 30.7 Å². The molecule has 164 valence electrons. The normalized spacial score (nSPS) is 26.5. The highest BCUT2D eigenvalue weighted by Crippen LogP contribution is 2.35. The molecule has 1 unspecified atom stereocenters. The van der Waals surface area contributed by atoms with Crippen molar-refractivity contribution < 1.29 is 29.4 Å². The highest BCUT2D eigenvalue weighted by atomic mass is 16.5. The molecular formula is C21H29N3O6. The van der Waals surface area contributed by atoms with E-state index in [1.807, 2.05) is 30.3 Å². The van der Waals surface area contributed by atoms with Crippen LogP contribution in [-0.4, -0.2) is 77.4 Å². The van der Waals surface area contributed by atoms with Gasteiger partial charge in [0.15, 0.2) is 0 Å². The van der Waals surface area contributed by atoms with Crippen LogP contribution in [0, 0.1) is 11.8 Å². The monoisotopic (exact) mass is 419 g/mol. The lowest BCUT2D eigenvalue weighted by molar-refractivity contribution is -0.150. The van der Waals surface area contributed by atoms with Crippen molar-refractivity contribution in [3.63, 3.8) is 0 Å². The van der Waals surface area contributed by atoms with Gasteiger partial charge in [-0.2, -0.15) is 0 Å². The van der Waals surface area contributed by atoms with E-state index in [1.54, 1.807) is 10.4 Å². The van der Waals surface area contributed by atoms with Gasteiger partial charge in [-0.25, -0.2) is 10.3 Å². The molecule has 0 bridgehead atoms. The van der Waals surface area contributed by atoms with Gasteiger partial charge >= 0.3 is 6.09 Å². The van der Waals surface area contributed by atoms with Crippen LogP contribution in [-0.2, 0) is 14.3 Å². The maximum absolute atomic E-state index is 13.4. The standard InChI is InChI=1S/C21H29N3O6/c1-30-12-9-17-18(19(25)22-29)16(8-11-24(17)21(27)28)20(26)23-10-7-15(13-23)14-5-3-2-4-6-14/h2-6,15-18,29H,7-13H2,1H3,(H,22,25)(H,27,28)/t15-,16-,17?,18+/m0/s1. The van der Waals surface area contributed by atoms with Gasteiger partial charge in [-0.15, -0.1) is 0 Å². The maximum atomic E-state index is 13.4. The van der Waals surface area contributed by atoms with Crippen molar-refractivity contribution >= 4 is 17.9 Å². The summed E-state index contributed by atoms with van der Waals surface area (Å²) < 4.78 is 5.08. The van der Waals surface area contributed by atoms with Crippen molar-refractivity contribution in [1.82, 2.24) is 15.3 Å². The summed E-state index contributed by atoms with van der Waals surface area (Å²) in [6.07, 6.45) is 0.188. The van der Waals surface area contributed by atoms with Crippen molar-refractivity contribution in [3.05, 3.63) is 35.9 Å². The topological polar surface area (TPSA) is 119 Å². The number of hydrogen-bond donors (Lipinski definition) is 3. The van der Waals surface area contributed by atoms with E-state index < -0.39 is 29.9 Å². The first-order chi connectivity index (χ1) is 14.5. The number of methoxy groups -OCH3 is 1. The zero-order valence-corrected chi connectivity index (χ0v) is 17.1. The van der Waals surface area contributed by atoms with Gasteiger partial charge in [-0.05, 0) is 24.8 Å². The van der Waals surface area contributed by atoms with Crippen LogP contribution >= 0.6 is 0 Å². The van der Waals surface area contributed by atoms with E-state index in [1.165, 1.54) is 17.6 Å². The van der Waals surface area contributed by atoms with Gasteiger partial charge in [-0.3, -0.25) is 14.8 Å². The average Bonchev–Trinajstić information content (AvgIpc) is 3.26. The Kier molecular flexibility index (Phi) is 7.28. The number of nitrogens with one attached hydrogen (secondary N) is 1. The molecule has 9 nitrogen and oxygen atoms in total. The quantitative estimate of drug-likeness (QED) is 0.475. The first-order valence-corrected chi connectivity index (χ1v) is 10.2. The van der Waals surface area contributed by atoms with Crippen molar-refractivity contribution in [2.24, 2.45) is 11.8 Å². The summed E-state index contributed by atoms with van der Waals surface area (Å²) in [5.41, 5.74) is 2.82. The Bertz CT molecular complexity index is 758. The van der Waals surface area contributed by atoms with Gasteiger partial charge in [0.2, 0.25) is 11.8 Å². The summed E-state index contributed by atoms with van der Waals surface area (Å²) in [6.45, 7) is 1.56. The van der Waals surface area contributed by atoms with E-state index in [2.05, 4.69) is 0 Å². The summed E-state index contributed by atoms with van der Waals surface area (Å²) in [6, 6.07) is 9.26. The van der Waals surface area contributed by atoms with Gasteiger partial charge < -0.3 is 19.6 Å². The molecule has 4 atom stereocenters. The summed E-state index contributed by atoms with van der Waals surface area (Å²) in [4.78, 5) is 40.6. The smallest absolute Gasteiger partial charge is 0.407 e. The first-order valence-electron chi connectivity index (χ1n) is 10.2. The van der Waals surface area contributed by atoms with Crippen LogP contribution in [0.25, 0.3) is 0 Å². The van der Waals surface area contributed by atoms with Gasteiger partial charge in [-0.1, -0.05) is 30.3 Å². The van der Waals surface area contributed by atoms with E-state index in [4.69, 9.17) is 4.74 Å². The number of piperidine rings is 1. The second-order valence-corrected chi connectivity index (χ2v) is 7.90. The van der Waals surface area contributed by atoms with Crippen LogP contribution in [0.5, 0.6) is 0 Å². The third-order valence-corrected chi connectivity index (χ3v) is 6.29. The number of carboxylic acid groups (broad SMARTS) is 1. The number of hydrogen-bond acceptors (Lipinski definition) is 5. The lowest BCUT2D eigenvalue weighted by Crippen LogP contribution is -2.59.